The highest BCUT2D eigenvalue weighted by Gasteiger charge is 2.08. The molecule has 0 bridgehead atoms. The van der Waals surface area contributed by atoms with Crippen LogP contribution >= 0.6 is 27.7 Å². The van der Waals surface area contributed by atoms with Crippen LogP contribution in [0.2, 0.25) is 0 Å². The zero-order valence-electron chi connectivity index (χ0n) is 12.0. The molecule has 0 atom stereocenters. The number of thioether (sulfide) groups is 1. The van der Waals surface area contributed by atoms with E-state index >= 15 is 0 Å². The van der Waals surface area contributed by atoms with Crippen molar-refractivity contribution in [2.24, 2.45) is 0 Å². The highest BCUT2D eigenvalue weighted by Crippen LogP contribution is 2.28. The van der Waals surface area contributed by atoms with Crippen LogP contribution in [-0.2, 0) is 5.75 Å². The molecule has 0 radical (unpaired) electrons. The molecule has 20 heavy (non-hydrogen) atoms. The van der Waals surface area contributed by atoms with Crippen LogP contribution in [-0.4, -0.2) is 17.1 Å². The standard InChI is InChI=1S/C15H17BrN2OS/c1-9-10(2)17-15(18-11(9)3)20-8-12-7-13(19-4)5-6-14(12)16/h5-7H,8H2,1-4H3. The van der Waals surface area contributed by atoms with E-state index in [2.05, 4.69) is 32.8 Å². The van der Waals surface area contributed by atoms with E-state index in [1.165, 1.54) is 5.56 Å². The van der Waals surface area contributed by atoms with E-state index < -0.39 is 0 Å². The lowest BCUT2D eigenvalue weighted by atomic mass is 10.2. The predicted octanol–water partition coefficient (Wildman–Crippen LogP) is 4.47. The molecule has 2 aromatic rings. The molecule has 0 saturated carbocycles. The second-order valence-corrected chi connectivity index (χ2v) is 6.34. The number of hydrogen-bond acceptors (Lipinski definition) is 4. The minimum absolute atomic E-state index is 0.805. The van der Waals surface area contributed by atoms with Crippen molar-refractivity contribution in [1.29, 1.82) is 0 Å². The molecule has 0 N–H and O–H groups in total. The lowest BCUT2D eigenvalue weighted by Gasteiger charge is -2.09. The molecule has 1 heterocycles. The number of rotatable bonds is 4. The summed E-state index contributed by atoms with van der Waals surface area (Å²) in [5, 5.41) is 0.820. The molecule has 0 unspecified atom stereocenters. The first-order valence-corrected chi connectivity index (χ1v) is 8.06. The van der Waals surface area contributed by atoms with Gasteiger partial charge in [-0.15, -0.1) is 0 Å². The van der Waals surface area contributed by atoms with Crippen LogP contribution in [0.5, 0.6) is 5.75 Å². The third kappa shape index (κ3) is 3.52. The van der Waals surface area contributed by atoms with E-state index in [4.69, 9.17) is 4.74 Å². The Labute approximate surface area is 132 Å². The normalized spacial score (nSPS) is 10.7. The first-order valence-electron chi connectivity index (χ1n) is 6.28. The van der Waals surface area contributed by atoms with Gasteiger partial charge in [0.05, 0.1) is 7.11 Å². The van der Waals surface area contributed by atoms with Crippen LogP contribution in [0, 0.1) is 20.8 Å². The minimum Gasteiger partial charge on any atom is -0.497 e. The summed E-state index contributed by atoms with van der Waals surface area (Å²) in [4.78, 5) is 9.05. The van der Waals surface area contributed by atoms with Crippen LogP contribution in [0.25, 0.3) is 0 Å². The maximum Gasteiger partial charge on any atom is 0.188 e. The zero-order chi connectivity index (χ0) is 14.7. The van der Waals surface area contributed by atoms with Gasteiger partial charge < -0.3 is 4.74 Å². The lowest BCUT2D eigenvalue weighted by molar-refractivity contribution is 0.414. The monoisotopic (exact) mass is 352 g/mol. The molecule has 1 aromatic heterocycles. The molecule has 2 rings (SSSR count). The molecule has 5 heteroatoms. The van der Waals surface area contributed by atoms with E-state index in [0.717, 1.165) is 38.1 Å². The number of aromatic nitrogens is 2. The van der Waals surface area contributed by atoms with Gasteiger partial charge in [-0.25, -0.2) is 9.97 Å². The van der Waals surface area contributed by atoms with Crippen molar-refractivity contribution >= 4 is 27.7 Å². The predicted molar refractivity (Wildman–Crippen MR) is 86.5 cm³/mol. The van der Waals surface area contributed by atoms with Crippen LogP contribution in [0.3, 0.4) is 0 Å². The van der Waals surface area contributed by atoms with Gasteiger partial charge in [-0.2, -0.15) is 0 Å². The second-order valence-electron chi connectivity index (χ2n) is 4.55. The van der Waals surface area contributed by atoms with Crippen LogP contribution in [0.15, 0.2) is 27.8 Å². The summed E-state index contributed by atoms with van der Waals surface area (Å²) in [7, 11) is 1.68. The Morgan fingerprint density at radius 2 is 1.80 bits per heavy atom. The van der Waals surface area contributed by atoms with Gasteiger partial charge in [0.1, 0.15) is 5.75 Å². The average molecular weight is 353 g/mol. The van der Waals surface area contributed by atoms with Gasteiger partial charge in [0.2, 0.25) is 0 Å². The smallest absolute Gasteiger partial charge is 0.188 e. The largest absolute Gasteiger partial charge is 0.497 e. The SMILES string of the molecule is COc1ccc(Br)c(CSc2nc(C)c(C)c(C)n2)c1. The summed E-state index contributed by atoms with van der Waals surface area (Å²) >= 11 is 5.20. The third-order valence-electron chi connectivity index (χ3n) is 3.22. The number of halogens is 1. The Balaban J connectivity index is 2.16. The van der Waals surface area contributed by atoms with Crippen molar-refractivity contribution in [2.45, 2.75) is 31.7 Å². The number of ether oxygens (including phenoxy) is 1. The fourth-order valence-corrected chi connectivity index (χ4v) is 3.24. The highest BCUT2D eigenvalue weighted by atomic mass is 79.9. The van der Waals surface area contributed by atoms with Crippen molar-refractivity contribution in [3.05, 3.63) is 45.2 Å². The Morgan fingerprint density at radius 1 is 1.15 bits per heavy atom. The van der Waals surface area contributed by atoms with Crippen molar-refractivity contribution in [3.63, 3.8) is 0 Å². The van der Waals surface area contributed by atoms with Gasteiger partial charge in [0.15, 0.2) is 5.16 Å². The van der Waals surface area contributed by atoms with Crippen molar-refractivity contribution in [2.75, 3.05) is 7.11 Å². The molecule has 0 fully saturated rings. The van der Waals surface area contributed by atoms with Gasteiger partial charge in [-0.05, 0) is 50.1 Å². The zero-order valence-corrected chi connectivity index (χ0v) is 14.4. The number of aryl methyl sites for hydroxylation is 2. The van der Waals surface area contributed by atoms with Crippen molar-refractivity contribution in [1.82, 2.24) is 9.97 Å². The summed E-state index contributed by atoms with van der Waals surface area (Å²) in [6.07, 6.45) is 0. The molecule has 0 aliphatic heterocycles. The molecule has 0 saturated heterocycles. The van der Waals surface area contributed by atoms with E-state index in [1.807, 2.05) is 32.0 Å². The molecule has 1 aromatic carbocycles. The fraction of sp³-hybridized carbons (Fsp3) is 0.333. The summed E-state index contributed by atoms with van der Waals surface area (Å²) in [5.74, 6) is 1.67. The van der Waals surface area contributed by atoms with Gasteiger partial charge >= 0.3 is 0 Å². The van der Waals surface area contributed by atoms with E-state index in [9.17, 15) is 0 Å². The first kappa shape index (κ1) is 15.3. The van der Waals surface area contributed by atoms with Crippen LogP contribution < -0.4 is 4.74 Å². The van der Waals surface area contributed by atoms with E-state index in [1.54, 1.807) is 18.9 Å². The van der Waals surface area contributed by atoms with Gasteiger partial charge in [0, 0.05) is 21.6 Å². The molecular formula is C15H17BrN2OS. The van der Waals surface area contributed by atoms with E-state index in [-0.39, 0.29) is 0 Å². The molecule has 106 valence electrons. The van der Waals surface area contributed by atoms with Crippen LogP contribution in [0.4, 0.5) is 0 Å². The van der Waals surface area contributed by atoms with Crippen LogP contribution in [0.1, 0.15) is 22.5 Å². The number of hydrogen-bond donors (Lipinski definition) is 0. The summed E-state index contributed by atoms with van der Waals surface area (Å²) in [6, 6.07) is 5.97. The topological polar surface area (TPSA) is 35.0 Å². The van der Waals surface area contributed by atoms with Crippen molar-refractivity contribution in [3.8, 4) is 5.75 Å². The Kier molecular flexibility index (Phi) is 5.05. The summed E-state index contributed by atoms with van der Waals surface area (Å²) < 4.78 is 6.33. The minimum atomic E-state index is 0.805. The molecular weight excluding hydrogens is 336 g/mol. The third-order valence-corrected chi connectivity index (χ3v) is 4.89. The Bertz CT molecular complexity index is 608. The quantitative estimate of drug-likeness (QED) is 0.600. The molecule has 0 spiro atoms. The molecule has 0 amide bonds. The Hall–Kier alpha value is -1.07. The average Bonchev–Trinajstić information content (AvgIpc) is 2.43. The fourth-order valence-electron chi connectivity index (χ4n) is 1.74. The Morgan fingerprint density at radius 3 is 2.40 bits per heavy atom. The summed E-state index contributed by atoms with van der Waals surface area (Å²) in [6.45, 7) is 6.10. The second kappa shape index (κ2) is 6.59. The van der Waals surface area contributed by atoms with Crippen molar-refractivity contribution < 1.29 is 4.74 Å². The molecule has 0 aliphatic carbocycles. The number of methoxy groups -OCH3 is 1. The maximum absolute atomic E-state index is 5.25. The molecule has 0 aliphatic rings. The van der Waals surface area contributed by atoms with Gasteiger partial charge in [-0.3, -0.25) is 0 Å². The first-order chi connectivity index (χ1) is 9.51. The maximum atomic E-state index is 5.25. The highest BCUT2D eigenvalue weighted by molar-refractivity contribution is 9.10. The number of benzene rings is 1. The number of nitrogens with zero attached hydrogens (tertiary/aromatic N) is 2. The van der Waals surface area contributed by atoms with Gasteiger partial charge in [0.25, 0.3) is 0 Å². The van der Waals surface area contributed by atoms with E-state index in [0.29, 0.717) is 0 Å². The lowest BCUT2D eigenvalue weighted by Crippen LogP contribution is -1.98. The molecule has 3 nitrogen and oxygen atoms in total. The summed E-state index contributed by atoms with van der Waals surface area (Å²) in [5.41, 5.74) is 4.43. The van der Waals surface area contributed by atoms with Gasteiger partial charge in [-0.1, -0.05) is 27.7 Å².